The first-order valence-corrected chi connectivity index (χ1v) is 6.88. The molecular formula is C12H14BrN3S. The van der Waals surface area contributed by atoms with E-state index in [0.717, 1.165) is 20.8 Å². The Morgan fingerprint density at radius 1 is 1.41 bits per heavy atom. The van der Waals surface area contributed by atoms with Crippen molar-refractivity contribution < 1.29 is 0 Å². The highest BCUT2D eigenvalue weighted by molar-refractivity contribution is 9.10. The van der Waals surface area contributed by atoms with Gasteiger partial charge in [-0.2, -0.15) is 5.10 Å². The van der Waals surface area contributed by atoms with E-state index in [1.54, 1.807) is 11.8 Å². The van der Waals surface area contributed by atoms with Gasteiger partial charge in [0.15, 0.2) is 0 Å². The summed E-state index contributed by atoms with van der Waals surface area (Å²) in [7, 11) is 1.96. The van der Waals surface area contributed by atoms with Crippen molar-refractivity contribution in [2.24, 2.45) is 12.8 Å². The molecule has 3 nitrogen and oxygen atoms in total. The summed E-state index contributed by atoms with van der Waals surface area (Å²) in [5, 5.41) is 5.46. The lowest BCUT2D eigenvalue weighted by molar-refractivity contribution is 0.692. The van der Waals surface area contributed by atoms with Crippen LogP contribution in [0.5, 0.6) is 0 Å². The molecule has 90 valence electrons. The van der Waals surface area contributed by atoms with Crippen LogP contribution in [0.25, 0.3) is 0 Å². The minimum Gasteiger partial charge on any atom is -0.326 e. The second kappa shape index (κ2) is 5.25. The molecule has 0 aliphatic rings. The van der Waals surface area contributed by atoms with Crippen LogP contribution in [-0.4, -0.2) is 9.78 Å². The molecule has 0 atom stereocenters. The minimum absolute atomic E-state index is 0.564. The van der Waals surface area contributed by atoms with Crippen molar-refractivity contribution in [2.75, 3.05) is 0 Å². The van der Waals surface area contributed by atoms with Gasteiger partial charge in [0.05, 0.1) is 10.7 Å². The van der Waals surface area contributed by atoms with Crippen molar-refractivity contribution in [3.8, 4) is 0 Å². The number of hydrogen-bond donors (Lipinski definition) is 1. The van der Waals surface area contributed by atoms with E-state index in [2.05, 4.69) is 45.3 Å². The summed E-state index contributed by atoms with van der Waals surface area (Å²) in [6, 6.07) is 8.27. The first kappa shape index (κ1) is 12.7. The second-order valence-corrected chi connectivity index (χ2v) is 5.74. The quantitative estimate of drug-likeness (QED) is 0.947. The molecule has 0 unspecified atom stereocenters. The van der Waals surface area contributed by atoms with Gasteiger partial charge in [-0.15, -0.1) is 0 Å². The summed E-state index contributed by atoms with van der Waals surface area (Å²) in [5.41, 5.74) is 7.77. The highest BCUT2D eigenvalue weighted by Gasteiger charge is 2.07. The molecule has 17 heavy (non-hydrogen) atoms. The standard InChI is InChI=1S/C12H14BrN3S/c1-8-5-12(16(2)15-8)17-11-4-3-9(7-14)6-10(11)13/h3-6H,7,14H2,1-2H3. The van der Waals surface area contributed by atoms with E-state index < -0.39 is 0 Å². The van der Waals surface area contributed by atoms with Gasteiger partial charge < -0.3 is 5.73 Å². The fourth-order valence-electron chi connectivity index (χ4n) is 1.55. The van der Waals surface area contributed by atoms with Crippen LogP contribution in [0.1, 0.15) is 11.3 Å². The third-order valence-electron chi connectivity index (χ3n) is 2.41. The number of nitrogens with two attached hydrogens (primary N) is 1. The third-order valence-corrected chi connectivity index (χ3v) is 4.49. The summed E-state index contributed by atoms with van der Waals surface area (Å²) >= 11 is 5.26. The Kier molecular flexibility index (Phi) is 3.91. The number of nitrogens with zero attached hydrogens (tertiary/aromatic N) is 2. The highest BCUT2D eigenvalue weighted by Crippen LogP contribution is 2.34. The first-order valence-electron chi connectivity index (χ1n) is 5.27. The van der Waals surface area contributed by atoms with Gasteiger partial charge in [0.1, 0.15) is 0 Å². The van der Waals surface area contributed by atoms with Gasteiger partial charge in [-0.25, -0.2) is 0 Å². The lowest BCUT2D eigenvalue weighted by atomic mass is 10.2. The zero-order valence-electron chi connectivity index (χ0n) is 9.77. The topological polar surface area (TPSA) is 43.8 Å². The Balaban J connectivity index is 2.27. The fraction of sp³-hybridized carbons (Fsp3) is 0.250. The van der Waals surface area contributed by atoms with Gasteiger partial charge in [-0.3, -0.25) is 4.68 Å². The van der Waals surface area contributed by atoms with Gasteiger partial charge in [-0.05, 0) is 46.6 Å². The first-order chi connectivity index (χ1) is 8.10. The number of aromatic nitrogens is 2. The van der Waals surface area contributed by atoms with E-state index in [1.165, 1.54) is 4.90 Å². The molecule has 1 aromatic heterocycles. The number of hydrogen-bond acceptors (Lipinski definition) is 3. The molecule has 0 saturated heterocycles. The summed E-state index contributed by atoms with van der Waals surface area (Å²) in [6.07, 6.45) is 0. The molecule has 1 aromatic carbocycles. The number of rotatable bonds is 3. The van der Waals surface area contributed by atoms with Crippen molar-refractivity contribution in [1.29, 1.82) is 0 Å². The number of aryl methyl sites for hydroxylation is 2. The van der Waals surface area contributed by atoms with Crippen LogP contribution in [0.3, 0.4) is 0 Å². The lowest BCUT2D eigenvalue weighted by Gasteiger charge is -2.06. The maximum Gasteiger partial charge on any atom is 0.0987 e. The van der Waals surface area contributed by atoms with Gasteiger partial charge in [0.25, 0.3) is 0 Å². The Labute approximate surface area is 114 Å². The Hall–Kier alpha value is -0.780. The largest absolute Gasteiger partial charge is 0.326 e. The molecule has 0 aliphatic carbocycles. The molecule has 2 aromatic rings. The predicted octanol–water partition coefficient (Wildman–Crippen LogP) is 3.10. The second-order valence-electron chi connectivity index (χ2n) is 3.82. The van der Waals surface area contributed by atoms with Crippen LogP contribution in [0.15, 0.2) is 38.7 Å². The average molecular weight is 312 g/mol. The molecule has 0 amide bonds. The van der Waals surface area contributed by atoms with Crippen LogP contribution in [0.4, 0.5) is 0 Å². The van der Waals surface area contributed by atoms with Gasteiger partial charge in [0, 0.05) is 23.0 Å². The molecular weight excluding hydrogens is 298 g/mol. The maximum absolute atomic E-state index is 5.61. The molecule has 0 spiro atoms. The molecule has 1 heterocycles. The van der Waals surface area contributed by atoms with Crippen LogP contribution < -0.4 is 5.73 Å². The molecule has 0 fully saturated rings. The van der Waals surface area contributed by atoms with Crippen molar-refractivity contribution >= 4 is 27.7 Å². The molecule has 0 aliphatic heterocycles. The summed E-state index contributed by atoms with van der Waals surface area (Å²) in [5.74, 6) is 0. The lowest BCUT2D eigenvalue weighted by Crippen LogP contribution is -1.96. The fourth-order valence-corrected chi connectivity index (χ4v) is 3.14. The molecule has 0 saturated carbocycles. The zero-order valence-corrected chi connectivity index (χ0v) is 12.2. The Morgan fingerprint density at radius 2 is 2.18 bits per heavy atom. The monoisotopic (exact) mass is 311 g/mol. The molecule has 2 rings (SSSR count). The van der Waals surface area contributed by atoms with Gasteiger partial charge >= 0.3 is 0 Å². The molecule has 2 N–H and O–H groups in total. The molecule has 0 bridgehead atoms. The Bertz CT molecular complexity index is 537. The third kappa shape index (κ3) is 2.91. The number of benzene rings is 1. The molecule has 5 heteroatoms. The van der Waals surface area contributed by atoms with Crippen LogP contribution in [-0.2, 0) is 13.6 Å². The predicted molar refractivity (Wildman–Crippen MR) is 74.1 cm³/mol. The smallest absolute Gasteiger partial charge is 0.0987 e. The van der Waals surface area contributed by atoms with Gasteiger partial charge in [0.2, 0.25) is 0 Å². The number of halogens is 1. The summed E-state index contributed by atoms with van der Waals surface area (Å²) in [4.78, 5) is 1.17. The van der Waals surface area contributed by atoms with Crippen LogP contribution in [0.2, 0.25) is 0 Å². The van der Waals surface area contributed by atoms with Crippen molar-refractivity contribution in [2.45, 2.75) is 23.4 Å². The molecule has 0 radical (unpaired) electrons. The average Bonchev–Trinajstić information content (AvgIpc) is 2.60. The highest BCUT2D eigenvalue weighted by atomic mass is 79.9. The van der Waals surface area contributed by atoms with E-state index in [1.807, 2.05) is 18.7 Å². The van der Waals surface area contributed by atoms with E-state index in [9.17, 15) is 0 Å². The van der Waals surface area contributed by atoms with E-state index in [4.69, 9.17) is 5.73 Å². The van der Waals surface area contributed by atoms with E-state index in [0.29, 0.717) is 6.54 Å². The van der Waals surface area contributed by atoms with Crippen LogP contribution in [0, 0.1) is 6.92 Å². The summed E-state index contributed by atoms with van der Waals surface area (Å²) in [6.45, 7) is 2.56. The van der Waals surface area contributed by atoms with E-state index >= 15 is 0 Å². The van der Waals surface area contributed by atoms with Gasteiger partial charge in [-0.1, -0.05) is 17.8 Å². The maximum atomic E-state index is 5.61. The van der Waals surface area contributed by atoms with Crippen molar-refractivity contribution in [3.63, 3.8) is 0 Å². The van der Waals surface area contributed by atoms with Crippen LogP contribution >= 0.6 is 27.7 Å². The van der Waals surface area contributed by atoms with E-state index in [-0.39, 0.29) is 0 Å². The SMILES string of the molecule is Cc1cc(Sc2ccc(CN)cc2Br)n(C)n1. The Morgan fingerprint density at radius 3 is 2.71 bits per heavy atom. The van der Waals surface area contributed by atoms with Crippen molar-refractivity contribution in [1.82, 2.24) is 9.78 Å². The zero-order chi connectivity index (χ0) is 12.4. The minimum atomic E-state index is 0.564. The normalized spacial score (nSPS) is 10.8. The van der Waals surface area contributed by atoms with Crippen molar-refractivity contribution in [3.05, 3.63) is 40.0 Å². The summed E-state index contributed by atoms with van der Waals surface area (Å²) < 4.78 is 2.97.